The molecule has 0 radical (unpaired) electrons. The minimum Gasteiger partial charge on any atom is -0.465 e. The van der Waals surface area contributed by atoms with Gasteiger partial charge in [0.15, 0.2) is 0 Å². The van der Waals surface area contributed by atoms with Gasteiger partial charge in [0.05, 0.1) is 0 Å². The summed E-state index contributed by atoms with van der Waals surface area (Å²) in [5, 5.41) is 12.0. The van der Waals surface area contributed by atoms with Gasteiger partial charge in [-0.15, -0.1) is 0 Å². The fourth-order valence-corrected chi connectivity index (χ4v) is 3.69. The van der Waals surface area contributed by atoms with Crippen LogP contribution in [0.5, 0.6) is 0 Å². The fraction of sp³-hybridized carbons (Fsp3) is 0.632. The molecule has 0 spiro atoms. The quantitative estimate of drug-likeness (QED) is 0.887. The molecule has 1 amide bonds. The number of nitrogens with one attached hydrogen (secondary N) is 1. The first-order valence-electron chi connectivity index (χ1n) is 8.53. The van der Waals surface area contributed by atoms with Gasteiger partial charge in [-0.1, -0.05) is 58.0 Å². The van der Waals surface area contributed by atoms with Crippen LogP contribution in [0.2, 0.25) is 0 Å². The van der Waals surface area contributed by atoms with Gasteiger partial charge in [0.1, 0.15) is 0 Å². The highest BCUT2D eigenvalue weighted by atomic mass is 16.4. The van der Waals surface area contributed by atoms with Crippen LogP contribution >= 0.6 is 0 Å². The van der Waals surface area contributed by atoms with Gasteiger partial charge in [-0.3, -0.25) is 4.90 Å². The lowest BCUT2D eigenvalue weighted by molar-refractivity contribution is 0.0567. The van der Waals surface area contributed by atoms with Crippen LogP contribution in [-0.4, -0.2) is 35.2 Å². The Morgan fingerprint density at radius 2 is 2.00 bits per heavy atom. The Hall–Kier alpha value is -1.55. The molecule has 0 aromatic heterocycles. The minimum absolute atomic E-state index is 0.0337. The van der Waals surface area contributed by atoms with E-state index in [4.69, 9.17) is 0 Å². The van der Waals surface area contributed by atoms with Gasteiger partial charge in [-0.25, -0.2) is 4.79 Å². The summed E-state index contributed by atoms with van der Waals surface area (Å²) in [6.07, 6.45) is 0.197. The highest BCUT2D eigenvalue weighted by Crippen LogP contribution is 2.34. The third-order valence-corrected chi connectivity index (χ3v) is 4.99. The summed E-state index contributed by atoms with van der Waals surface area (Å²) in [5.74, 6) is 0.863. The summed E-state index contributed by atoms with van der Waals surface area (Å²) < 4.78 is 0. The summed E-state index contributed by atoms with van der Waals surface area (Å²) in [6, 6.07) is 10.5. The first kappa shape index (κ1) is 17.8. The number of benzene rings is 1. The smallest absolute Gasteiger partial charge is 0.404 e. The molecule has 3 atom stereocenters. The fourth-order valence-electron chi connectivity index (χ4n) is 3.69. The van der Waals surface area contributed by atoms with Crippen LogP contribution in [-0.2, 0) is 6.54 Å². The second-order valence-electron chi connectivity index (χ2n) is 7.94. The van der Waals surface area contributed by atoms with Crippen molar-refractivity contribution in [2.75, 3.05) is 13.1 Å². The molecule has 4 nitrogen and oxygen atoms in total. The number of nitrogens with zero attached hydrogens (tertiary/aromatic N) is 1. The molecule has 1 heterocycles. The molecule has 0 bridgehead atoms. The van der Waals surface area contributed by atoms with E-state index in [1.165, 1.54) is 5.56 Å². The average Bonchev–Trinajstić information content (AvgIpc) is 2.47. The Bertz CT molecular complexity index is 510. The number of carboxylic acid groups (broad SMARTS) is 1. The van der Waals surface area contributed by atoms with Crippen LogP contribution in [0.1, 0.15) is 39.7 Å². The molecule has 0 saturated carbocycles. The van der Waals surface area contributed by atoms with E-state index in [0.29, 0.717) is 11.8 Å². The maximum absolute atomic E-state index is 11.3. The summed E-state index contributed by atoms with van der Waals surface area (Å²) >= 11 is 0. The van der Waals surface area contributed by atoms with E-state index in [1.807, 2.05) is 6.07 Å². The first-order valence-corrected chi connectivity index (χ1v) is 8.53. The number of carbonyl (C=O) groups is 1. The Labute approximate surface area is 139 Å². The number of hydrogen-bond donors (Lipinski definition) is 2. The van der Waals surface area contributed by atoms with E-state index in [9.17, 15) is 9.90 Å². The zero-order valence-corrected chi connectivity index (χ0v) is 14.7. The normalized spacial score (nSPS) is 24.2. The third-order valence-electron chi connectivity index (χ3n) is 4.99. The largest absolute Gasteiger partial charge is 0.465 e. The number of rotatable bonds is 4. The predicted octanol–water partition coefficient (Wildman–Crippen LogP) is 3.83. The van der Waals surface area contributed by atoms with E-state index < -0.39 is 6.09 Å². The van der Waals surface area contributed by atoms with Crippen LogP contribution < -0.4 is 5.32 Å². The van der Waals surface area contributed by atoms with E-state index >= 15 is 0 Å². The van der Waals surface area contributed by atoms with Crippen molar-refractivity contribution in [2.24, 2.45) is 17.3 Å². The predicted molar refractivity (Wildman–Crippen MR) is 93.4 cm³/mol. The number of likely N-dealkylation sites (tertiary alicyclic amines) is 1. The summed E-state index contributed by atoms with van der Waals surface area (Å²) in [5.41, 5.74) is 1.23. The van der Waals surface area contributed by atoms with Crippen LogP contribution in [0.4, 0.5) is 4.79 Å². The first-order chi connectivity index (χ1) is 10.8. The van der Waals surface area contributed by atoms with Crippen molar-refractivity contribution in [1.82, 2.24) is 10.2 Å². The maximum atomic E-state index is 11.3. The molecule has 1 saturated heterocycles. The average molecular weight is 318 g/mol. The van der Waals surface area contributed by atoms with Gasteiger partial charge in [0.25, 0.3) is 0 Å². The molecule has 4 heteroatoms. The van der Waals surface area contributed by atoms with Crippen LogP contribution in [0.3, 0.4) is 0 Å². The van der Waals surface area contributed by atoms with Crippen LogP contribution in [0.25, 0.3) is 0 Å². The van der Waals surface area contributed by atoms with E-state index in [0.717, 1.165) is 26.1 Å². The second-order valence-corrected chi connectivity index (χ2v) is 7.94. The molecule has 1 aliphatic heterocycles. The van der Waals surface area contributed by atoms with E-state index in [2.05, 4.69) is 62.2 Å². The molecule has 1 aromatic rings. The van der Waals surface area contributed by atoms with Crippen molar-refractivity contribution in [1.29, 1.82) is 0 Å². The molecule has 1 fully saturated rings. The SMILES string of the molecule is CC1CCN(Cc2ccccc2)CC1C(NC(=O)O)C(C)(C)C. The number of amides is 1. The number of piperidine rings is 1. The number of hydrogen-bond acceptors (Lipinski definition) is 2. The molecule has 128 valence electrons. The zero-order valence-electron chi connectivity index (χ0n) is 14.7. The molecule has 1 aliphatic rings. The Morgan fingerprint density at radius 3 is 2.57 bits per heavy atom. The molecule has 2 N–H and O–H groups in total. The lowest BCUT2D eigenvalue weighted by Gasteiger charge is -2.45. The van der Waals surface area contributed by atoms with Gasteiger partial charge in [0, 0.05) is 19.1 Å². The lowest BCUT2D eigenvalue weighted by atomic mass is 9.71. The zero-order chi connectivity index (χ0) is 17.0. The van der Waals surface area contributed by atoms with Crippen molar-refractivity contribution >= 4 is 6.09 Å². The molecule has 3 unspecified atom stereocenters. The Morgan fingerprint density at radius 1 is 1.35 bits per heavy atom. The minimum atomic E-state index is -0.919. The van der Waals surface area contributed by atoms with Crippen LogP contribution in [0, 0.1) is 17.3 Å². The van der Waals surface area contributed by atoms with E-state index in [-0.39, 0.29) is 11.5 Å². The molecular weight excluding hydrogens is 288 g/mol. The second kappa shape index (κ2) is 7.35. The van der Waals surface area contributed by atoms with Crippen molar-refractivity contribution in [3.8, 4) is 0 Å². The highest BCUT2D eigenvalue weighted by Gasteiger charge is 2.39. The van der Waals surface area contributed by atoms with Gasteiger partial charge < -0.3 is 10.4 Å². The molecule has 23 heavy (non-hydrogen) atoms. The highest BCUT2D eigenvalue weighted by molar-refractivity contribution is 5.65. The summed E-state index contributed by atoms with van der Waals surface area (Å²) in [4.78, 5) is 13.7. The van der Waals surface area contributed by atoms with Gasteiger partial charge in [0.2, 0.25) is 0 Å². The molecule has 2 rings (SSSR count). The van der Waals surface area contributed by atoms with Crippen molar-refractivity contribution in [3.63, 3.8) is 0 Å². The molecule has 0 aliphatic carbocycles. The monoisotopic (exact) mass is 318 g/mol. The van der Waals surface area contributed by atoms with Crippen LogP contribution in [0.15, 0.2) is 30.3 Å². The summed E-state index contributed by atoms with van der Waals surface area (Å²) in [7, 11) is 0. The summed E-state index contributed by atoms with van der Waals surface area (Å²) in [6.45, 7) is 11.6. The van der Waals surface area contributed by atoms with Gasteiger partial charge in [-0.2, -0.15) is 0 Å². The molecular formula is C19H30N2O2. The van der Waals surface area contributed by atoms with Crippen molar-refractivity contribution < 1.29 is 9.90 Å². The third kappa shape index (κ3) is 4.96. The standard InChI is InChI=1S/C19H30N2O2/c1-14-10-11-21(12-15-8-6-5-7-9-15)13-16(14)17(19(2,3)4)20-18(22)23/h5-9,14,16-17,20H,10-13H2,1-4H3,(H,22,23). The maximum Gasteiger partial charge on any atom is 0.404 e. The van der Waals surface area contributed by atoms with Gasteiger partial charge in [-0.05, 0) is 35.8 Å². The Balaban J connectivity index is 2.10. The van der Waals surface area contributed by atoms with Crippen molar-refractivity contribution in [3.05, 3.63) is 35.9 Å². The molecule has 1 aromatic carbocycles. The topological polar surface area (TPSA) is 52.6 Å². The Kier molecular flexibility index (Phi) is 5.69. The lowest BCUT2D eigenvalue weighted by Crippen LogP contribution is -2.55. The van der Waals surface area contributed by atoms with E-state index in [1.54, 1.807) is 0 Å². The van der Waals surface area contributed by atoms with Crippen molar-refractivity contribution in [2.45, 2.75) is 46.7 Å². The van der Waals surface area contributed by atoms with Gasteiger partial charge >= 0.3 is 6.09 Å².